The molecule has 168 valence electrons. The molecule has 0 aliphatic carbocycles. The molecule has 33 heavy (non-hydrogen) atoms. The normalized spacial score (nSPS) is 16.9. The van der Waals surface area contributed by atoms with Crippen LogP contribution in [0.15, 0.2) is 54.7 Å². The SMILES string of the molecule is CCCc1nc2c(C)ccnc2n1Cc1ccc2c(c1)OC(C(=O)O)(c1ccc(C)cc1)O2. The molecule has 5 rings (SSSR count). The zero-order valence-electron chi connectivity index (χ0n) is 18.8. The van der Waals surface area contributed by atoms with Crippen LogP contribution < -0.4 is 9.47 Å². The molecule has 0 spiro atoms. The predicted molar refractivity (Wildman–Crippen MR) is 124 cm³/mol. The van der Waals surface area contributed by atoms with Gasteiger partial charge in [0.1, 0.15) is 11.3 Å². The molecular formula is C26H25N3O4. The minimum absolute atomic E-state index is 0.403. The third-order valence-electron chi connectivity index (χ3n) is 5.96. The van der Waals surface area contributed by atoms with E-state index in [1.807, 2.05) is 44.2 Å². The molecule has 4 aromatic rings. The lowest BCUT2D eigenvalue weighted by molar-refractivity contribution is -0.180. The number of hydrogen-bond donors (Lipinski definition) is 1. The third-order valence-corrected chi connectivity index (χ3v) is 5.96. The number of imidazole rings is 1. The summed E-state index contributed by atoms with van der Waals surface area (Å²) in [4.78, 5) is 21.6. The second-order valence-electron chi connectivity index (χ2n) is 8.44. The number of nitrogens with zero attached hydrogens (tertiary/aromatic N) is 3. The van der Waals surface area contributed by atoms with E-state index in [1.54, 1.807) is 24.4 Å². The van der Waals surface area contributed by atoms with Crippen LogP contribution in [-0.2, 0) is 23.5 Å². The number of aliphatic carboxylic acids is 1. The molecular weight excluding hydrogens is 418 g/mol. The van der Waals surface area contributed by atoms with Crippen LogP contribution in [-0.4, -0.2) is 25.6 Å². The van der Waals surface area contributed by atoms with Gasteiger partial charge in [0, 0.05) is 18.2 Å². The van der Waals surface area contributed by atoms with Crippen molar-refractivity contribution in [3.05, 3.63) is 82.8 Å². The van der Waals surface area contributed by atoms with Gasteiger partial charge < -0.3 is 19.1 Å². The summed E-state index contributed by atoms with van der Waals surface area (Å²) in [5.74, 6) is -1.32. The van der Waals surface area contributed by atoms with E-state index in [4.69, 9.17) is 14.5 Å². The van der Waals surface area contributed by atoms with E-state index in [1.165, 1.54) is 0 Å². The zero-order chi connectivity index (χ0) is 23.2. The molecule has 3 heterocycles. The van der Waals surface area contributed by atoms with Crippen LogP contribution in [0.4, 0.5) is 0 Å². The fraction of sp³-hybridized carbons (Fsp3) is 0.269. The van der Waals surface area contributed by atoms with Crippen LogP contribution in [0.2, 0.25) is 0 Å². The maximum absolute atomic E-state index is 12.2. The Balaban J connectivity index is 1.51. The molecule has 1 aliphatic rings. The number of ether oxygens (including phenoxy) is 2. The Kier molecular flexibility index (Phi) is 5.04. The first-order valence-electron chi connectivity index (χ1n) is 11.0. The van der Waals surface area contributed by atoms with Crippen LogP contribution in [0.5, 0.6) is 11.5 Å². The summed E-state index contributed by atoms with van der Waals surface area (Å²) in [6.45, 7) is 6.65. The van der Waals surface area contributed by atoms with Crippen molar-refractivity contribution < 1.29 is 19.4 Å². The fourth-order valence-corrected chi connectivity index (χ4v) is 4.19. The Bertz CT molecular complexity index is 1360. The Hall–Kier alpha value is -3.87. The van der Waals surface area contributed by atoms with Crippen molar-refractivity contribution in [2.75, 3.05) is 0 Å². The van der Waals surface area contributed by atoms with E-state index in [-0.39, 0.29) is 0 Å². The second kappa shape index (κ2) is 7.92. The van der Waals surface area contributed by atoms with Gasteiger partial charge in [0.05, 0.1) is 6.54 Å². The van der Waals surface area contributed by atoms with E-state index in [0.29, 0.717) is 23.6 Å². The lowest BCUT2D eigenvalue weighted by atomic mass is 10.0. The quantitative estimate of drug-likeness (QED) is 0.462. The molecule has 2 aromatic carbocycles. The van der Waals surface area contributed by atoms with Crippen LogP contribution in [0.1, 0.15) is 41.4 Å². The smallest absolute Gasteiger partial charge is 0.395 e. The molecule has 2 aromatic heterocycles. The van der Waals surface area contributed by atoms with Crippen molar-refractivity contribution in [2.24, 2.45) is 0 Å². The van der Waals surface area contributed by atoms with Gasteiger partial charge in [-0.1, -0.05) is 42.8 Å². The summed E-state index contributed by atoms with van der Waals surface area (Å²) in [6.07, 6.45) is 3.62. The van der Waals surface area contributed by atoms with Crippen molar-refractivity contribution >= 4 is 17.1 Å². The van der Waals surface area contributed by atoms with E-state index >= 15 is 0 Å². The summed E-state index contributed by atoms with van der Waals surface area (Å²) in [5.41, 5.74) is 5.25. The largest absolute Gasteiger partial charge is 0.475 e. The van der Waals surface area contributed by atoms with Crippen molar-refractivity contribution in [3.8, 4) is 11.5 Å². The molecule has 1 N–H and O–H groups in total. The molecule has 0 saturated heterocycles. The monoisotopic (exact) mass is 443 g/mol. The molecule has 1 atom stereocenters. The van der Waals surface area contributed by atoms with Crippen LogP contribution in [0.25, 0.3) is 11.2 Å². The summed E-state index contributed by atoms with van der Waals surface area (Å²) in [7, 11) is 0. The maximum Gasteiger partial charge on any atom is 0.395 e. The van der Waals surface area contributed by atoms with E-state index in [2.05, 4.69) is 16.5 Å². The molecule has 0 saturated carbocycles. The minimum Gasteiger partial charge on any atom is -0.475 e. The van der Waals surface area contributed by atoms with Crippen molar-refractivity contribution in [2.45, 2.75) is 45.9 Å². The van der Waals surface area contributed by atoms with Crippen molar-refractivity contribution in [1.29, 1.82) is 0 Å². The number of carbonyl (C=O) groups is 1. The lowest BCUT2D eigenvalue weighted by Gasteiger charge is -2.23. The number of hydrogen-bond acceptors (Lipinski definition) is 5. The number of benzene rings is 2. The summed E-state index contributed by atoms with van der Waals surface area (Å²) in [5, 5.41) is 10.0. The number of carboxylic acid groups (broad SMARTS) is 1. The van der Waals surface area contributed by atoms with Crippen LogP contribution in [0.3, 0.4) is 0 Å². The minimum atomic E-state index is -1.90. The first-order chi connectivity index (χ1) is 15.9. The molecule has 1 unspecified atom stereocenters. The van der Waals surface area contributed by atoms with Crippen LogP contribution >= 0.6 is 0 Å². The van der Waals surface area contributed by atoms with Gasteiger partial charge in [0.15, 0.2) is 17.1 Å². The molecule has 7 heteroatoms. The molecule has 0 bridgehead atoms. The highest BCUT2D eigenvalue weighted by Gasteiger charge is 2.51. The number of pyridine rings is 1. The van der Waals surface area contributed by atoms with Gasteiger partial charge >= 0.3 is 11.8 Å². The summed E-state index contributed by atoms with van der Waals surface area (Å²) >= 11 is 0. The van der Waals surface area contributed by atoms with Crippen molar-refractivity contribution in [1.82, 2.24) is 14.5 Å². The zero-order valence-corrected chi connectivity index (χ0v) is 18.8. The highest BCUT2D eigenvalue weighted by molar-refractivity contribution is 5.80. The number of carboxylic acids is 1. The Morgan fingerprint density at radius 3 is 2.55 bits per heavy atom. The first kappa shape index (κ1) is 21.0. The summed E-state index contributed by atoms with van der Waals surface area (Å²) < 4.78 is 13.9. The van der Waals surface area contributed by atoms with Gasteiger partial charge in [-0.3, -0.25) is 0 Å². The molecule has 1 aliphatic heterocycles. The van der Waals surface area contributed by atoms with E-state index in [0.717, 1.165) is 46.5 Å². The Labute approximate surface area is 191 Å². The van der Waals surface area contributed by atoms with Gasteiger partial charge in [-0.05, 0) is 49.6 Å². The van der Waals surface area contributed by atoms with E-state index in [9.17, 15) is 9.90 Å². The average molecular weight is 444 g/mol. The van der Waals surface area contributed by atoms with E-state index < -0.39 is 11.8 Å². The van der Waals surface area contributed by atoms with Crippen LogP contribution in [0, 0.1) is 13.8 Å². The lowest BCUT2D eigenvalue weighted by Crippen LogP contribution is -2.43. The highest BCUT2D eigenvalue weighted by Crippen LogP contribution is 2.45. The number of aryl methyl sites for hydroxylation is 3. The topological polar surface area (TPSA) is 86.5 Å². The molecule has 7 nitrogen and oxygen atoms in total. The Morgan fingerprint density at radius 2 is 1.82 bits per heavy atom. The van der Waals surface area contributed by atoms with Gasteiger partial charge in [-0.2, -0.15) is 0 Å². The second-order valence-corrected chi connectivity index (χ2v) is 8.44. The predicted octanol–water partition coefficient (Wildman–Crippen LogP) is 4.76. The number of rotatable bonds is 6. The van der Waals surface area contributed by atoms with Crippen molar-refractivity contribution in [3.63, 3.8) is 0 Å². The number of fused-ring (bicyclic) bond motifs is 2. The average Bonchev–Trinajstić information content (AvgIpc) is 3.35. The molecule has 0 amide bonds. The molecule has 0 fully saturated rings. The van der Waals surface area contributed by atoms with Gasteiger partial charge in [0.2, 0.25) is 0 Å². The van der Waals surface area contributed by atoms with Gasteiger partial charge in [-0.25, -0.2) is 14.8 Å². The Morgan fingerprint density at radius 1 is 1.06 bits per heavy atom. The number of aromatic nitrogens is 3. The molecule has 0 radical (unpaired) electrons. The standard InChI is InChI=1S/C26H25N3O4/c1-4-5-22-28-23-17(3)12-13-27-24(23)29(22)15-18-8-11-20-21(14-18)33-26(32-20,25(30)31)19-9-6-16(2)7-10-19/h6-14H,4-5,15H2,1-3H3,(H,30,31). The highest BCUT2D eigenvalue weighted by atomic mass is 16.8. The summed E-state index contributed by atoms with van der Waals surface area (Å²) in [6, 6.07) is 14.6. The van der Waals surface area contributed by atoms with Gasteiger partial charge in [0.25, 0.3) is 0 Å². The maximum atomic E-state index is 12.2. The van der Waals surface area contributed by atoms with Gasteiger partial charge in [-0.15, -0.1) is 0 Å². The first-order valence-corrected chi connectivity index (χ1v) is 11.0. The fourth-order valence-electron chi connectivity index (χ4n) is 4.19. The third kappa shape index (κ3) is 3.50.